The van der Waals surface area contributed by atoms with E-state index in [0.717, 1.165) is 23.5 Å². The quantitative estimate of drug-likeness (QED) is 0.436. The van der Waals surface area contributed by atoms with Crippen LogP contribution < -0.4 is 5.32 Å². The highest BCUT2D eigenvalue weighted by atomic mass is 32.2. The van der Waals surface area contributed by atoms with E-state index in [0.29, 0.717) is 42.9 Å². The van der Waals surface area contributed by atoms with E-state index in [1.807, 2.05) is 18.2 Å². The van der Waals surface area contributed by atoms with Gasteiger partial charge in [0.1, 0.15) is 9.21 Å². The Kier molecular flexibility index (Phi) is 7.77. The van der Waals surface area contributed by atoms with Crippen molar-refractivity contribution >= 4 is 49.6 Å². The van der Waals surface area contributed by atoms with Gasteiger partial charge in [0.15, 0.2) is 0 Å². The van der Waals surface area contributed by atoms with Crippen molar-refractivity contribution in [1.82, 2.24) is 9.21 Å². The molecule has 3 aromatic rings. The van der Waals surface area contributed by atoms with E-state index in [1.165, 1.54) is 39.7 Å². The largest absolute Gasteiger partial charge is 0.465 e. The lowest BCUT2D eigenvalue weighted by Gasteiger charge is -2.30. The number of fused-ring (bicyclic) bond motifs is 1. The molecule has 1 N–H and O–H groups in total. The number of sulfonamides is 1. The van der Waals surface area contributed by atoms with Crippen molar-refractivity contribution < 1.29 is 22.7 Å². The van der Waals surface area contributed by atoms with Crippen molar-refractivity contribution in [2.24, 2.45) is 5.92 Å². The number of piperidine rings is 1. The summed E-state index contributed by atoms with van der Waals surface area (Å²) in [5.41, 5.74) is 2.58. The highest BCUT2D eigenvalue weighted by Gasteiger charge is 2.35. The zero-order chi connectivity index (χ0) is 26.0. The molecule has 1 amide bonds. The fourth-order valence-electron chi connectivity index (χ4n) is 4.97. The van der Waals surface area contributed by atoms with Crippen molar-refractivity contribution in [3.05, 3.63) is 69.4 Å². The number of hydrogen-bond donors (Lipinski definition) is 1. The van der Waals surface area contributed by atoms with Crippen LogP contribution in [0.1, 0.15) is 39.2 Å². The first kappa shape index (κ1) is 26.1. The molecule has 11 heteroatoms. The molecule has 1 aromatic carbocycles. The van der Waals surface area contributed by atoms with Gasteiger partial charge in [-0.2, -0.15) is 4.31 Å². The van der Waals surface area contributed by atoms with Crippen LogP contribution >= 0.6 is 22.7 Å². The lowest BCUT2D eigenvalue weighted by Crippen LogP contribution is -2.43. The van der Waals surface area contributed by atoms with Crippen molar-refractivity contribution in [2.75, 3.05) is 32.1 Å². The fourth-order valence-corrected chi connectivity index (χ4v) is 8.91. The third kappa shape index (κ3) is 5.51. The standard InChI is InChI=1S/C26H29N3O5S3/c1-34-26(31)23-20-11-13-28(15-18-7-3-2-4-8-18)17-21(20)36-25(23)27-24(30)19-9-5-12-29(16-19)37(32,33)22-10-6-14-35-22/h2-4,6-8,10,14,19H,5,9,11-13,15-17H2,1H3,(H,27,30). The lowest BCUT2D eigenvalue weighted by molar-refractivity contribution is -0.120. The summed E-state index contributed by atoms with van der Waals surface area (Å²) in [4.78, 5) is 29.4. The van der Waals surface area contributed by atoms with E-state index < -0.39 is 21.9 Å². The first-order valence-electron chi connectivity index (χ1n) is 12.2. The zero-order valence-electron chi connectivity index (χ0n) is 20.5. The maximum atomic E-state index is 13.3. The fraction of sp³-hybridized carbons (Fsp3) is 0.385. The normalized spacial score (nSPS) is 18.8. The average molecular weight is 560 g/mol. The number of nitrogens with zero attached hydrogens (tertiary/aromatic N) is 2. The Labute approximate surface area is 224 Å². The van der Waals surface area contributed by atoms with Crippen LogP contribution in [0.2, 0.25) is 0 Å². The zero-order valence-corrected chi connectivity index (χ0v) is 23.0. The molecule has 2 aromatic heterocycles. The summed E-state index contributed by atoms with van der Waals surface area (Å²) < 4.78 is 32.7. The molecule has 5 rings (SSSR count). The smallest absolute Gasteiger partial charge is 0.341 e. The Morgan fingerprint density at radius 2 is 1.95 bits per heavy atom. The van der Waals surface area contributed by atoms with Crippen LogP contribution in [-0.4, -0.2) is 56.2 Å². The van der Waals surface area contributed by atoms with Crippen LogP contribution in [0.25, 0.3) is 0 Å². The Balaban J connectivity index is 1.33. The number of carbonyl (C=O) groups is 2. The Bertz CT molecular complexity index is 1370. The van der Waals surface area contributed by atoms with Gasteiger partial charge in [-0.1, -0.05) is 36.4 Å². The van der Waals surface area contributed by atoms with Gasteiger partial charge in [0.05, 0.1) is 18.6 Å². The highest BCUT2D eigenvalue weighted by Crippen LogP contribution is 2.38. The summed E-state index contributed by atoms with van der Waals surface area (Å²) in [7, 11) is -2.28. The van der Waals surface area contributed by atoms with Crippen molar-refractivity contribution in [2.45, 2.75) is 36.6 Å². The van der Waals surface area contributed by atoms with Gasteiger partial charge in [0, 0.05) is 37.6 Å². The number of amides is 1. The molecule has 0 saturated carbocycles. The third-order valence-electron chi connectivity index (χ3n) is 6.86. The Morgan fingerprint density at radius 3 is 2.68 bits per heavy atom. The van der Waals surface area contributed by atoms with E-state index >= 15 is 0 Å². The number of thiophene rings is 2. The van der Waals surface area contributed by atoms with Gasteiger partial charge in [0.25, 0.3) is 10.0 Å². The predicted octanol–water partition coefficient (Wildman–Crippen LogP) is 4.19. The molecule has 37 heavy (non-hydrogen) atoms. The number of esters is 1. The van der Waals surface area contributed by atoms with Gasteiger partial charge in [-0.3, -0.25) is 9.69 Å². The van der Waals surface area contributed by atoms with Gasteiger partial charge >= 0.3 is 5.97 Å². The molecule has 1 atom stereocenters. The van der Waals surface area contributed by atoms with Crippen LogP contribution in [0.15, 0.2) is 52.1 Å². The topological polar surface area (TPSA) is 96.0 Å². The van der Waals surface area contributed by atoms with Crippen LogP contribution in [0.4, 0.5) is 5.00 Å². The van der Waals surface area contributed by atoms with E-state index in [1.54, 1.807) is 17.5 Å². The third-order valence-corrected chi connectivity index (χ3v) is 11.2. The molecule has 1 fully saturated rings. The van der Waals surface area contributed by atoms with Crippen LogP contribution in [0.5, 0.6) is 0 Å². The minimum Gasteiger partial charge on any atom is -0.465 e. The van der Waals surface area contributed by atoms with Gasteiger partial charge in [-0.25, -0.2) is 13.2 Å². The number of carbonyl (C=O) groups excluding carboxylic acids is 2. The second kappa shape index (κ2) is 11.0. The molecule has 0 radical (unpaired) electrons. The number of ether oxygens (including phenoxy) is 1. The molecule has 1 unspecified atom stereocenters. The first-order valence-corrected chi connectivity index (χ1v) is 15.3. The lowest BCUT2D eigenvalue weighted by atomic mass is 9.98. The molecule has 196 valence electrons. The molecule has 8 nitrogen and oxygen atoms in total. The molecule has 0 aliphatic carbocycles. The van der Waals surface area contributed by atoms with Gasteiger partial charge < -0.3 is 10.1 Å². The second-order valence-corrected chi connectivity index (χ2v) is 13.5. The molecule has 2 aliphatic heterocycles. The number of anilines is 1. The molecule has 1 saturated heterocycles. The van der Waals surface area contributed by atoms with E-state index in [-0.39, 0.29) is 16.7 Å². The van der Waals surface area contributed by atoms with Crippen molar-refractivity contribution in [1.29, 1.82) is 0 Å². The van der Waals surface area contributed by atoms with Gasteiger partial charge in [-0.05, 0) is 41.8 Å². The monoisotopic (exact) mass is 559 g/mol. The van der Waals surface area contributed by atoms with Crippen LogP contribution in [0, 0.1) is 5.92 Å². The number of rotatable bonds is 7. The van der Waals surface area contributed by atoms with Gasteiger partial charge in [0.2, 0.25) is 5.91 Å². The molecule has 4 heterocycles. The maximum absolute atomic E-state index is 13.3. The molecule has 0 bridgehead atoms. The number of benzene rings is 1. The maximum Gasteiger partial charge on any atom is 0.341 e. The number of methoxy groups -OCH3 is 1. The summed E-state index contributed by atoms with van der Waals surface area (Å²) in [6, 6.07) is 13.5. The van der Waals surface area contributed by atoms with Crippen molar-refractivity contribution in [3.63, 3.8) is 0 Å². The second-order valence-electron chi connectivity index (χ2n) is 9.27. The Morgan fingerprint density at radius 1 is 1.14 bits per heavy atom. The minimum atomic E-state index is -3.62. The summed E-state index contributed by atoms with van der Waals surface area (Å²) in [6.45, 7) is 2.81. The van der Waals surface area contributed by atoms with E-state index in [4.69, 9.17) is 4.74 Å². The highest BCUT2D eigenvalue weighted by molar-refractivity contribution is 7.91. The van der Waals surface area contributed by atoms with Crippen molar-refractivity contribution in [3.8, 4) is 0 Å². The molecular formula is C26H29N3O5S3. The summed E-state index contributed by atoms with van der Waals surface area (Å²) in [6.07, 6.45) is 1.88. The minimum absolute atomic E-state index is 0.121. The van der Waals surface area contributed by atoms with Crippen LogP contribution in [0.3, 0.4) is 0 Å². The molecule has 0 spiro atoms. The van der Waals surface area contributed by atoms with E-state index in [9.17, 15) is 18.0 Å². The Hall–Kier alpha value is -2.57. The first-order chi connectivity index (χ1) is 17.9. The van der Waals surface area contributed by atoms with Gasteiger partial charge in [-0.15, -0.1) is 22.7 Å². The average Bonchev–Trinajstić information content (AvgIpc) is 3.57. The summed E-state index contributed by atoms with van der Waals surface area (Å²) >= 11 is 2.59. The summed E-state index contributed by atoms with van der Waals surface area (Å²) in [5, 5.41) is 5.18. The predicted molar refractivity (Wildman–Crippen MR) is 144 cm³/mol. The number of nitrogens with one attached hydrogen (secondary N) is 1. The SMILES string of the molecule is COC(=O)c1c(NC(=O)C2CCCN(S(=O)(=O)c3cccs3)C2)sc2c1CCN(Cc1ccccc1)C2. The summed E-state index contributed by atoms with van der Waals surface area (Å²) in [5.74, 6) is -1.23. The van der Waals surface area contributed by atoms with E-state index in [2.05, 4.69) is 22.3 Å². The van der Waals surface area contributed by atoms with Crippen LogP contribution in [-0.2, 0) is 39.1 Å². The number of hydrogen-bond acceptors (Lipinski definition) is 8. The molecular weight excluding hydrogens is 531 g/mol. The molecule has 2 aliphatic rings.